The molecule has 2 aromatic rings. The summed E-state index contributed by atoms with van der Waals surface area (Å²) in [6.07, 6.45) is 0. The quantitative estimate of drug-likeness (QED) is 0.457. The van der Waals surface area contributed by atoms with Gasteiger partial charge in [0.2, 0.25) is 0 Å². The van der Waals surface area contributed by atoms with Crippen LogP contribution in [0.1, 0.15) is 11.1 Å². The van der Waals surface area contributed by atoms with Gasteiger partial charge in [-0.3, -0.25) is 0 Å². The molecule has 2 rings (SSSR count). The zero-order chi connectivity index (χ0) is 13.1. The van der Waals surface area contributed by atoms with E-state index in [1.165, 1.54) is 0 Å². The maximum absolute atomic E-state index is 11.9. The molecule has 0 atom stereocenters. The molecule has 0 amide bonds. The zero-order valence-corrected chi connectivity index (χ0v) is 10.3. The van der Waals surface area contributed by atoms with Gasteiger partial charge in [-0.05, 0) is 13.8 Å². The molecule has 2 aromatic carbocycles. The third-order valence-electron chi connectivity index (χ3n) is 2.67. The highest BCUT2D eigenvalue weighted by Gasteiger charge is 2.14. The van der Waals surface area contributed by atoms with Crippen LogP contribution in [0.2, 0.25) is 0 Å². The van der Waals surface area contributed by atoms with E-state index in [0.717, 1.165) is 11.1 Å². The van der Waals surface area contributed by atoms with E-state index in [4.69, 9.17) is 0 Å². The molecule has 0 heterocycles. The molecule has 4 nitrogen and oxygen atoms in total. The summed E-state index contributed by atoms with van der Waals surface area (Å²) in [6, 6.07) is 13.7. The topological polar surface area (TPSA) is 52.1 Å². The predicted octanol–water partition coefficient (Wildman–Crippen LogP) is 3.74. The highest BCUT2D eigenvalue weighted by Crippen LogP contribution is 2.17. The van der Waals surface area contributed by atoms with Gasteiger partial charge in [0, 0.05) is 24.3 Å². The molecule has 18 heavy (non-hydrogen) atoms. The molecule has 0 aliphatic rings. The summed E-state index contributed by atoms with van der Waals surface area (Å²) in [4.78, 5) is 0.675. The highest BCUT2D eigenvalue weighted by atomic mass is 16.6. The lowest BCUT2D eigenvalue weighted by molar-refractivity contribution is -0.896. The molecule has 0 aliphatic heterocycles. The first-order chi connectivity index (χ1) is 8.58. The molecular weight excluding hydrogens is 228 g/mol. The molecule has 0 aliphatic carbocycles. The van der Waals surface area contributed by atoms with Crippen molar-refractivity contribution in [2.75, 3.05) is 0 Å². The van der Waals surface area contributed by atoms with Gasteiger partial charge in [-0.25, -0.2) is 0 Å². The summed E-state index contributed by atoms with van der Waals surface area (Å²) in [5.41, 5.74) is 2.72. The largest absolute Gasteiger partial charge is 0.561 e. The number of hydrogen-bond acceptors (Lipinski definition) is 2. The maximum atomic E-state index is 11.9. The number of nitrogens with zero attached hydrogens (tertiary/aromatic N) is 2. The molecule has 0 saturated heterocycles. The molecule has 0 saturated carbocycles. The molecule has 0 bridgehead atoms. The van der Waals surface area contributed by atoms with E-state index >= 15 is 0 Å². The lowest BCUT2D eigenvalue weighted by Crippen LogP contribution is -2.08. The maximum Gasteiger partial charge on any atom is 0.287 e. The average molecular weight is 242 g/mol. The van der Waals surface area contributed by atoms with Crippen molar-refractivity contribution in [2.24, 2.45) is 0 Å². The van der Waals surface area contributed by atoms with Crippen LogP contribution in [0.5, 0.6) is 0 Å². The van der Waals surface area contributed by atoms with Crippen LogP contribution in [0.4, 0.5) is 11.4 Å². The van der Waals surface area contributed by atoms with E-state index in [2.05, 4.69) is 0 Å². The van der Waals surface area contributed by atoms with Gasteiger partial charge in [0.05, 0.1) is 9.72 Å². The second kappa shape index (κ2) is 4.87. The Balaban J connectivity index is 2.40. The third kappa shape index (κ3) is 2.48. The fraction of sp³-hybridized carbons (Fsp3) is 0.143. The highest BCUT2D eigenvalue weighted by molar-refractivity contribution is 5.33. The molecule has 4 heteroatoms. The van der Waals surface area contributed by atoms with E-state index in [1.807, 2.05) is 13.8 Å². The fourth-order valence-corrected chi connectivity index (χ4v) is 1.55. The van der Waals surface area contributed by atoms with Crippen molar-refractivity contribution >= 4 is 11.4 Å². The van der Waals surface area contributed by atoms with E-state index in [9.17, 15) is 10.4 Å². The lowest BCUT2D eigenvalue weighted by atomic mass is 10.2. The molecule has 0 unspecified atom stereocenters. The van der Waals surface area contributed by atoms with Crippen molar-refractivity contribution in [3.8, 4) is 0 Å². The summed E-state index contributed by atoms with van der Waals surface area (Å²) >= 11 is 0. The second-order valence-electron chi connectivity index (χ2n) is 4.22. The summed E-state index contributed by atoms with van der Waals surface area (Å²) < 4.78 is 0. The SMILES string of the molecule is Cc1ccc(/[N+]([O-])=[N+](\[O-])c2ccc(C)cc2)cc1. The normalized spacial score (nSPS) is 12.1. The van der Waals surface area contributed by atoms with Gasteiger partial charge in [0.1, 0.15) is 0 Å². The Kier molecular flexibility index (Phi) is 3.28. The van der Waals surface area contributed by atoms with Crippen LogP contribution in [0.25, 0.3) is 0 Å². The van der Waals surface area contributed by atoms with Crippen LogP contribution in [0.15, 0.2) is 48.5 Å². The first-order valence-electron chi connectivity index (χ1n) is 5.66. The third-order valence-corrected chi connectivity index (χ3v) is 2.67. The van der Waals surface area contributed by atoms with Gasteiger partial charge < -0.3 is 10.4 Å². The Labute approximate surface area is 106 Å². The first-order valence-corrected chi connectivity index (χ1v) is 5.66. The molecular formula is C14H14N2O2. The Morgan fingerprint density at radius 1 is 0.611 bits per heavy atom. The molecule has 0 spiro atoms. The Bertz CT molecular complexity index is 518. The summed E-state index contributed by atoms with van der Waals surface area (Å²) in [7, 11) is 0. The number of benzene rings is 2. The van der Waals surface area contributed by atoms with E-state index in [1.54, 1.807) is 48.5 Å². The van der Waals surface area contributed by atoms with Gasteiger partial charge in [-0.2, -0.15) is 0 Å². The Hall–Kier alpha value is -2.36. The summed E-state index contributed by atoms with van der Waals surface area (Å²) in [6.45, 7) is 3.85. The monoisotopic (exact) mass is 242 g/mol. The lowest BCUT2D eigenvalue weighted by Gasteiger charge is -2.03. The Morgan fingerprint density at radius 3 is 1.17 bits per heavy atom. The van der Waals surface area contributed by atoms with Crippen molar-refractivity contribution in [1.82, 2.24) is 0 Å². The van der Waals surface area contributed by atoms with Crippen molar-refractivity contribution in [1.29, 1.82) is 0 Å². The number of rotatable bonds is 2. The van der Waals surface area contributed by atoms with Gasteiger partial charge >= 0.3 is 0 Å². The standard InChI is InChI=1S/C14H14N2O2/c1-11-3-7-13(8-4-11)15(17)16(18)14-9-5-12(2)6-10-14/h3-10H,1-2H3/b16-15+. The van der Waals surface area contributed by atoms with Gasteiger partial charge in [-0.1, -0.05) is 35.4 Å². The van der Waals surface area contributed by atoms with E-state index < -0.39 is 0 Å². The summed E-state index contributed by atoms with van der Waals surface area (Å²) in [5, 5.41) is 23.7. The van der Waals surface area contributed by atoms with Crippen LogP contribution in [-0.4, -0.2) is 9.72 Å². The number of azo groups is 1. The van der Waals surface area contributed by atoms with Crippen LogP contribution in [0, 0.1) is 24.3 Å². The van der Waals surface area contributed by atoms with Crippen molar-refractivity contribution in [3.63, 3.8) is 0 Å². The average Bonchev–Trinajstić information content (AvgIpc) is 2.39. The Morgan fingerprint density at radius 2 is 0.889 bits per heavy atom. The van der Waals surface area contributed by atoms with Crippen molar-refractivity contribution < 1.29 is 9.72 Å². The van der Waals surface area contributed by atoms with Crippen LogP contribution in [-0.2, 0) is 0 Å². The minimum atomic E-state index is 0.316. The van der Waals surface area contributed by atoms with Crippen LogP contribution >= 0.6 is 0 Å². The second-order valence-corrected chi connectivity index (χ2v) is 4.22. The molecule has 0 fully saturated rings. The first kappa shape index (κ1) is 12.1. The van der Waals surface area contributed by atoms with Gasteiger partial charge in [-0.15, -0.1) is 0 Å². The van der Waals surface area contributed by atoms with Gasteiger partial charge in [0.15, 0.2) is 0 Å². The summed E-state index contributed by atoms with van der Waals surface area (Å²) in [5.74, 6) is 0. The van der Waals surface area contributed by atoms with E-state index in [-0.39, 0.29) is 0 Å². The van der Waals surface area contributed by atoms with E-state index in [0.29, 0.717) is 21.1 Å². The number of hydrogen-bond donors (Lipinski definition) is 0. The number of aryl methyl sites for hydroxylation is 2. The van der Waals surface area contributed by atoms with Crippen LogP contribution in [0.3, 0.4) is 0 Å². The fourth-order valence-electron chi connectivity index (χ4n) is 1.55. The predicted molar refractivity (Wildman–Crippen MR) is 68.9 cm³/mol. The minimum Gasteiger partial charge on any atom is -0.561 e. The minimum absolute atomic E-state index is 0.316. The molecule has 0 radical (unpaired) electrons. The van der Waals surface area contributed by atoms with Crippen molar-refractivity contribution in [2.45, 2.75) is 13.8 Å². The molecule has 0 aromatic heterocycles. The smallest absolute Gasteiger partial charge is 0.287 e. The van der Waals surface area contributed by atoms with Gasteiger partial charge in [0.25, 0.3) is 11.4 Å². The van der Waals surface area contributed by atoms with Crippen molar-refractivity contribution in [3.05, 3.63) is 70.1 Å². The van der Waals surface area contributed by atoms with Crippen LogP contribution < -0.4 is 0 Å². The molecule has 92 valence electrons. The molecule has 0 N–H and O–H groups in total. The zero-order valence-electron chi connectivity index (χ0n) is 10.3.